The molecule has 8 nitrogen and oxygen atoms in total. The minimum absolute atomic E-state index is 0.0596. The lowest BCUT2D eigenvalue weighted by Gasteiger charge is -2.34. The summed E-state index contributed by atoms with van der Waals surface area (Å²) in [5.41, 5.74) is 3.73. The van der Waals surface area contributed by atoms with Gasteiger partial charge in [-0.15, -0.1) is 0 Å². The molecule has 180 valence electrons. The lowest BCUT2D eigenvalue weighted by molar-refractivity contribution is 0.0699. The molecular weight excluding hydrogens is 471 g/mol. The molecule has 2 aromatic heterocycles. The number of carbonyl (C=O) groups is 1. The standard InChI is InChI=1S/C25H23FN4O4S/c1-16-7-9-18(10-8-16)21-15-19(23-17(2)28-34-24(23)27-21)25(31)29-11-13-30(14-12-29)35(32,33)22-6-4-3-5-20(22)26/h3-10,15H,11-14H2,1-2H3. The summed E-state index contributed by atoms with van der Waals surface area (Å²) in [7, 11) is -4.00. The first-order valence-corrected chi connectivity index (χ1v) is 12.6. The predicted molar refractivity (Wildman–Crippen MR) is 128 cm³/mol. The molecule has 0 bridgehead atoms. The fourth-order valence-electron chi connectivity index (χ4n) is 4.23. The maximum absolute atomic E-state index is 14.1. The Kier molecular flexibility index (Phi) is 5.86. The second-order valence-electron chi connectivity index (χ2n) is 8.50. The molecule has 0 atom stereocenters. The highest BCUT2D eigenvalue weighted by Gasteiger charge is 2.33. The third-order valence-corrected chi connectivity index (χ3v) is 8.11. The number of aryl methyl sites for hydroxylation is 2. The number of sulfonamides is 1. The molecule has 35 heavy (non-hydrogen) atoms. The second kappa shape index (κ2) is 8.86. The summed E-state index contributed by atoms with van der Waals surface area (Å²) in [6.07, 6.45) is 0. The van der Waals surface area contributed by atoms with E-state index in [1.807, 2.05) is 31.2 Å². The largest absolute Gasteiger partial charge is 0.336 e. The Morgan fingerprint density at radius 2 is 1.69 bits per heavy atom. The van der Waals surface area contributed by atoms with Gasteiger partial charge in [-0.1, -0.05) is 47.1 Å². The van der Waals surface area contributed by atoms with Gasteiger partial charge in [-0.05, 0) is 32.0 Å². The van der Waals surface area contributed by atoms with E-state index in [0.29, 0.717) is 22.3 Å². The van der Waals surface area contributed by atoms with Crippen molar-refractivity contribution in [2.24, 2.45) is 0 Å². The number of rotatable bonds is 4. The molecule has 1 fully saturated rings. The highest BCUT2D eigenvalue weighted by atomic mass is 32.2. The van der Waals surface area contributed by atoms with E-state index in [2.05, 4.69) is 10.1 Å². The summed E-state index contributed by atoms with van der Waals surface area (Å²) in [5, 5.41) is 4.52. The quantitative estimate of drug-likeness (QED) is 0.428. The van der Waals surface area contributed by atoms with Gasteiger partial charge in [0.2, 0.25) is 10.0 Å². The van der Waals surface area contributed by atoms with Crippen molar-refractivity contribution >= 4 is 27.0 Å². The van der Waals surface area contributed by atoms with Gasteiger partial charge in [0.15, 0.2) is 0 Å². The van der Waals surface area contributed by atoms with Crippen LogP contribution in [-0.4, -0.2) is 59.8 Å². The smallest absolute Gasteiger partial charge is 0.259 e. The third-order valence-electron chi connectivity index (χ3n) is 6.18. The molecule has 1 aliphatic heterocycles. The lowest BCUT2D eigenvalue weighted by Crippen LogP contribution is -2.50. The molecule has 0 unspecified atom stereocenters. The average molecular weight is 495 g/mol. The van der Waals surface area contributed by atoms with Crippen molar-refractivity contribution in [2.75, 3.05) is 26.2 Å². The zero-order valence-electron chi connectivity index (χ0n) is 19.2. The maximum Gasteiger partial charge on any atom is 0.259 e. The summed E-state index contributed by atoms with van der Waals surface area (Å²) in [5.74, 6) is -1.06. The molecule has 0 spiro atoms. The van der Waals surface area contributed by atoms with Crippen molar-refractivity contribution in [3.63, 3.8) is 0 Å². The van der Waals surface area contributed by atoms with Crippen molar-refractivity contribution in [3.05, 3.63) is 77.2 Å². The van der Waals surface area contributed by atoms with Crippen molar-refractivity contribution in [1.29, 1.82) is 0 Å². The Labute approximate surface area is 202 Å². The molecule has 0 N–H and O–H groups in total. The normalized spacial score (nSPS) is 15.0. The number of amides is 1. The van der Waals surface area contributed by atoms with Crippen LogP contribution in [0, 0.1) is 19.7 Å². The first-order chi connectivity index (χ1) is 16.8. The van der Waals surface area contributed by atoms with Crippen LogP contribution in [0.5, 0.6) is 0 Å². The minimum atomic E-state index is -4.00. The van der Waals surface area contributed by atoms with Crippen LogP contribution in [0.25, 0.3) is 22.4 Å². The molecule has 1 saturated heterocycles. The van der Waals surface area contributed by atoms with E-state index in [4.69, 9.17) is 4.52 Å². The number of aromatic nitrogens is 2. The molecule has 0 radical (unpaired) electrons. The number of fused-ring (bicyclic) bond motifs is 1. The minimum Gasteiger partial charge on any atom is -0.336 e. The summed E-state index contributed by atoms with van der Waals surface area (Å²) in [4.78, 5) is 19.4. The monoisotopic (exact) mass is 494 g/mol. The Morgan fingerprint density at radius 3 is 2.37 bits per heavy atom. The summed E-state index contributed by atoms with van der Waals surface area (Å²) in [6, 6.07) is 14.8. The number of nitrogens with zero attached hydrogens (tertiary/aromatic N) is 4. The Balaban J connectivity index is 1.43. The Morgan fingerprint density at radius 1 is 1.00 bits per heavy atom. The molecular formula is C25H23FN4O4S. The van der Waals surface area contributed by atoms with E-state index in [0.717, 1.165) is 17.2 Å². The predicted octanol–water partition coefficient (Wildman–Crippen LogP) is 3.79. The highest BCUT2D eigenvalue weighted by molar-refractivity contribution is 7.89. The van der Waals surface area contributed by atoms with Crippen LogP contribution in [0.2, 0.25) is 0 Å². The fraction of sp³-hybridized carbons (Fsp3) is 0.240. The van der Waals surface area contributed by atoms with Crippen LogP contribution in [-0.2, 0) is 10.0 Å². The van der Waals surface area contributed by atoms with E-state index in [1.54, 1.807) is 17.9 Å². The fourth-order valence-corrected chi connectivity index (χ4v) is 5.72. The number of piperazine rings is 1. The van der Waals surface area contributed by atoms with Gasteiger partial charge < -0.3 is 9.42 Å². The topological polar surface area (TPSA) is 96.6 Å². The molecule has 5 rings (SSSR count). The van der Waals surface area contributed by atoms with Crippen molar-refractivity contribution in [2.45, 2.75) is 18.7 Å². The van der Waals surface area contributed by atoms with Crippen molar-refractivity contribution < 1.29 is 22.1 Å². The van der Waals surface area contributed by atoms with Crippen LogP contribution >= 0.6 is 0 Å². The van der Waals surface area contributed by atoms with Gasteiger partial charge >= 0.3 is 0 Å². The van der Waals surface area contributed by atoms with E-state index in [1.165, 1.54) is 22.5 Å². The SMILES string of the molecule is Cc1ccc(-c2cc(C(=O)N3CCN(S(=O)(=O)c4ccccc4F)CC3)c3c(C)noc3n2)cc1. The zero-order chi connectivity index (χ0) is 24.7. The molecule has 10 heteroatoms. The van der Waals surface area contributed by atoms with E-state index in [-0.39, 0.29) is 42.7 Å². The number of halogens is 1. The molecule has 3 heterocycles. The molecule has 0 aliphatic carbocycles. The number of carbonyl (C=O) groups excluding carboxylic acids is 1. The van der Waals surface area contributed by atoms with Gasteiger partial charge in [0.1, 0.15) is 10.7 Å². The van der Waals surface area contributed by atoms with Crippen LogP contribution in [0.15, 0.2) is 64.0 Å². The van der Waals surface area contributed by atoms with Crippen LogP contribution in [0.4, 0.5) is 4.39 Å². The highest BCUT2D eigenvalue weighted by Crippen LogP contribution is 2.29. The third kappa shape index (κ3) is 4.19. The number of hydrogen-bond acceptors (Lipinski definition) is 6. The molecule has 1 aliphatic rings. The van der Waals surface area contributed by atoms with Gasteiger partial charge in [-0.25, -0.2) is 17.8 Å². The van der Waals surface area contributed by atoms with Gasteiger partial charge in [0, 0.05) is 31.7 Å². The van der Waals surface area contributed by atoms with Gasteiger partial charge in [0.25, 0.3) is 11.6 Å². The molecule has 0 saturated carbocycles. The van der Waals surface area contributed by atoms with Crippen LogP contribution in [0.1, 0.15) is 21.6 Å². The lowest BCUT2D eigenvalue weighted by atomic mass is 10.0. The van der Waals surface area contributed by atoms with E-state index < -0.39 is 15.8 Å². The first-order valence-electron chi connectivity index (χ1n) is 11.1. The van der Waals surface area contributed by atoms with E-state index >= 15 is 0 Å². The molecule has 1 amide bonds. The van der Waals surface area contributed by atoms with Gasteiger partial charge in [0.05, 0.1) is 22.3 Å². The van der Waals surface area contributed by atoms with Crippen LogP contribution < -0.4 is 0 Å². The maximum atomic E-state index is 14.1. The van der Waals surface area contributed by atoms with Crippen molar-refractivity contribution in [1.82, 2.24) is 19.3 Å². The molecule has 4 aromatic rings. The second-order valence-corrected chi connectivity index (χ2v) is 10.4. The van der Waals surface area contributed by atoms with Gasteiger partial charge in [-0.3, -0.25) is 4.79 Å². The molecule has 2 aromatic carbocycles. The number of pyridine rings is 1. The Hall–Kier alpha value is -3.63. The zero-order valence-corrected chi connectivity index (χ0v) is 20.0. The van der Waals surface area contributed by atoms with Crippen molar-refractivity contribution in [3.8, 4) is 11.3 Å². The van der Waals surface area contributed by atoms with Gasteiger partial charge in [-0.2, -0.15) is 4.31 Å². The number of hydrogen-bond donors (Lipinski definition) is 0. The average Bonchev–Trinajstić information content (AvgIpc) is 3.24. The van der Waals surface area contributed by atoms with E-state index in [9.17, 15) is 17.6 Å². The number of benzene rings is 2. The Bertz CT molecular complexity index is 1530. The summed E-state index contributed by atoms with van der Waals surface area (Å²) in [6.45, 7) is 4.19. The summed E-state index contributed by atoms with van der Waals surface area (Å²) < 4.78 is 46.6. The summed E-state index contributed by atoms with van der Waals surface area (Å²) >= 11 is 0. The first kappa shape index (κ1) is 23.1. The van der Waals surface area contributed by atoms with Crippen LogP contribution in [0.3, 0.4) is 0 Å².